The molecule has 1 heteroatoms. The Labute approximate surface area is 103 Å². The topological polar surface area (TPSA) is 13.1 Å². The first-order valence-corrected chi connectivity index (χ1v) is 5.79. The van der Waals surface area contributed by atoms with E-state index < -0.39 is 0 Å². The smallest absolute Gasteiger partial charge is 0.135 e. The Kier molecular flexibility index (Phi) is 5.02. The second kappa shape index (κ2) is 6.54. The molecule has 0 unspecified atom stereocenters. The van der Waals surface area contributed by atoms with Gasteiger partial charge in [-0.2, -0.15) is 0 Å². The zero-order valence-corrected chi connectivity index (χ0v) is 10.4. The van der Waals surface area contributed by atoms with Crippen molar-refractivity contribution in [1.82, 2.24) is 0 Å². The Balaban J connectivity index is 0.000000686. The molecule has 0 bridgehead atoms. The van der Waals surface area contributed by atoms with Crippen LogP contribution in [0.5, 0.6) is 0 Å². The summed E-state index contributed by atoms with van der Waals surface area (Å²) in [6.45, 7) is 11.4. The molecule has 0 fully saturated rings. The van der Waals surface area contributed by atoms with E-state index in [-0.39, 0.29) is 0 Å². The normalized spacial score (nSPS) is 9.06. The van der Waals surface area contributed by atoms with Gasteiger partial charge >= 0.3 is 0 Å². The van der Waals surface area contributed by atoms with E-state index in [4.69, 9.17) is 4.42 Å². The van der Waals surface area contributed by atoms with Crippen molar-refractivity contribution in [2.45, 2.75) is 13.8 Å². The SMILES string of the molecule is C=Cc1cc(-c2ccccc2)oc1C=C.CC. The van der Waals surface area contributed by atoms with Crippen molar-refractivity contribution in [3.8, 4) is 11.3 Å². The van der Waals surface area contributed by atoms with Gasteiger partial charge in [0.1, 0.15) is 11.5 Å². The molecule has 0 aliphatic heterocycles. The highest BCUT2D eigenvalue weighted by molar-refractivity contribution is 5.68. The lowest BCUT2D eigenvalue weighted by Crippen LogP contribution is -1.69. The average molecular weight is 226 g/mol. The van der Waals surface area contributed by atoms with E-state index in [2.05, 4.69) is 13.2 Å². The number of benzene rings is 1. The first kappa shape index (κ1) is 13.0. The monoisotopic (exact) mass is 226 g/mol. The van der Waals surface area contributed by atoms with Crippen molar-refractivity contribution < 1.29 is 4.42 Å². The molecule has 0 N–H and O–H groups in total. The van der Waals surface area contributed by atoms with E-state index >= 15 is 0 Å². The molecule has 0 aliphatic carbocycles. The Bertz CT molecular complexity index is 452. The highest BCUT2D eigenvalue weighted by Gasteiger charge is 2.06. The minimum atomic E-state index is 0.767. The fourth-order valence-electron chi connectivity index (χ4n) is 1.48. The molecule has 0 aliphatic rings. The molecule has 2 rings (SSSR count). The third kappa shape index (κ3) is 2.97. The standard InChI is InChI=1S/C14H12O.C2H6/c1-3-11-10-14(15-13(11)4-2)12-8-6-5-7-9-12;1-2/h3-10H,1-2H2;1-2H3. The second-order valence-electron chi connectivity index (χ2n) is 3.20. The summed E-state index contributed by atoms with van der Waals surface area (Å²) in [7, 11) is 0. The van der Waals surface area contributed by atoms with Gasteiger partial charge in [-0.1, -0.05) is 63.4 Å². The number of furan rings is 1. The number of rotatable bonds is 3. The molecular weight excluding hydrogens is 208 g/mol. The van der Waals surface area contributed by atoms with Crippen LogP contribution in [0, 0.1) is 0 Å². The van der Waals surface area contributed by atoms with Crippen molar-refractivity contribution in [2.24, 2.45) is 0 Å². The minimum Gasteiger partial charge on any atom is -0.456 e. The lowest BCUT2D eigenvalue weighted by atomic mass is 10.1. The molecule has 17 heavy (non-hydrogen) atoms. The lowest BCUT2D eigenvalue weighted by molar-refractivity contribution is 0.571. The van der Waals surface area contributed by atoms with Gasteiger partial charge in [-0.15, -0.1) is 0 Å². The molecule has 1 aromatic carbocycles. The van der Waals surface area contributed by atoms with Crippen LogP contribution in [0.1, 0.15) is 25.2 Å². The fraction of sp³-hybridized carbons (Fsp3) is 0.125. The summed E-state index contributed by atoms with van der Waals surface area (Å²) >= 11 is 0. The first-order chi connectivity index (χ1) is 8.35. The van der Waals surface area contributed by atoms with Crippen LogP contribution in [0.3, 0.4) is 0 Å². The van der Waals surface area contributed by atoms with E-state index in [9.17, 15) is 0 Å². The third-order valence-corrected chi connectivity index (χ3v) is 2.25. The van der Waals surface area contributed by atoms with E-state index in [0.29, 0.717) is 0 Å². The fourth-order valence-corrected chi connectivity index (χ4v) is 1.48. The van der Waals surface area contributed by atoms with E-state index in [1.807, 2.05) is 50.2 Å². The van der Waals surface area contributed by atoms with Crippen molar-refractivity contribution in [1.29, 1.82) is 0 Å². The third-order valence-electron chi connectivity index (χ3n) is 2.25. The molecule has 1 heterocycles. The summed E-state index contributed by atoms with van der Waals surface area (Å²) in [5.74, 6) is 1.62. The Morgan fingerprint density at radius 3 is 2.12 bits per heavy atom. The summed E-state index contributed by atoms with van der Waals surface area (Å²) in [5.41, 5.74) is 2.04. The van der Waals surface area contributed by atoms with Gasteiger partial charge in [0.05, 0.1) is 0 Å². The van der Waals surface area contributed by atoms with Gasteiger partial charge in [-0.25, -0.2) is 0 Å². The van der Waals surface area contributed by atoms with Crippen LogP contribution < -0.4 is 0 Å². The quantitative estimate of drug-likeness (QED) is 0.695. The lowest BCUT2D eigenvalue weighted by Gasteiger charge is -1.93. The molecule has 0 saturated carbocycles. The van der Waals surface area contributed by atoms with E-state index in [0.717, 1.165) is 22.6 Å². The van der Waals surface area contributed by atoms with Crippen LogP contribution in [-0.4, -0.2) is 0 Å². The van der Waals surface area contributed by atoms with Crippen LogP contribution in [0.25, 0.3) is 23.5 Å². The molecule has 0 amide bonds. The van der Waals surface area contributed by atoms with Crippen LogP contribution >= 0.6 is 0 Å². The molecular formula is C16H18O. The maximum atomic E-state index is 5.65. The first-order valence-electron chi connectivity index (χ1n) is 5.79. The zero-order chi connectivity index (χ0) is 12.7. The molecule has 0 spiro atoms. The van der Waals surface area contributed by atoms with Gasteiger partial charge in [-0.05, 0) is 12.1 Å². The van der Waals surface area contributed by atoms with Gasteiger partial charge in [0.25, 0.3) is 0 Å². The van der Waals surface area contributed by atoms with E-state index in [1.165, 1.54) is 0 Å². The van der Waals surface area contributed by atoms with Gasteiger partial charge in [0.2, 0.25) is 0 Å². The highest BCUT2D eigenvalue weighted by Crippen LogP contribution is 2.26. The van der Waals surface area contributed by atoms with Gasteiger partial charge in [-0.3, -0.25) is 0 Å². The van der Waals surface area contributed by atoms with Gasteiger partial charge in [0, 0.05) is 11.1 Å². The number of hydrogen-bond donors (Lipinski definition) is 0. The highest BCUT2D eigenvalue weighted by atomic mass is 16.3. The molecule has 1 aromatic heterocycles. The summed E-state index contributed by atoms with van der Waals surface area (Å²) < 4.78 is 5.65. The van der Waals surface area contributed by atoms with Gasteiger partial charge < -0.3 is 4.42 Å². The van der Waals surface area contributed by atoms with Crippen molar-refractivity contribution in [3.63, 3.8) is 0 Å². The summed E-state index contributed by atoms with van der Waals surface area (Å²) in [6.07, 6.45) is 3.47. The second-order valence-corrected chi connectivity index (χ2v) is 3.20. The van der Waals surface area contributed by atoms with Crippen LogP contribution in [0.2, 0.25) is 0 Å². The molecule has 1 nitrogen and oxygen atoms in total. The minimum absolute atomic E-state index is 0.767. The van der Waals surface area contributed by atoms with Crippen molar-refractivity contribution in [2.75, 3.05) is 0 Å². The molecule has 88 valence electrons. The zero-order valence-electron chi connectivity index (χ0n) is 10.4. The van der Waals surface area contributed by atoms with Crippen molar-refractivity contribution in [3.05, 3.63) is 60.9 Å². The van der Waals surface area contributed by atoms with Crippen LogP contribution in [-0.2, 0) is 0 Å². The Morgan fingerprint density at radius 2 is 1.65 bits per heavy atom. The number of hydrogen-bond acceptors (Lipinski definition) is 1. The molecule has 0 atom stereocenters. The Morgan fingerprint density at radius 1 is 1.00 bits per heavy atom. The average Bonchev–Trinajstić information content (AvgIpc) is 2.85. The molecule has 0 saturated heterocycles. The molecule has 0 radical (unpaired) electrons. The maximum Gasteiger partial charge on any atom is 0.135 e. The van der Waals surface area contributed by atoms with Gasteiger partial charge in [0.15, 0.2) is 0 Å². The largest absolute Gasteiger partial charge is 0.456 e. The van der Waals surface area contributed by atoms with Crippen LogP contribution in [0.15, 0.2) is 54.0 Å². The van der Waals surface area contributed by atoms with E-state index in [1.54, 1.807) is 12.2 Å². The maximum absolute atomic E-state index is 5.65. The predicted molar refractivity (Wildman–Crippen MR) is 75.7 cm³/mol. The predicted octanol–water partition coefficient (Wildman–Crippen LogP) is 5.26. The Hall–Kier alpha value is -2.02. The summed E-state index contributed by atoms with van der Waals surface area (Å²) in [4.78, 5) is 0. The molecule has 2 aromatic rings. The van der Waals surface area contributed by atoms with Crippen molar-refractivity contribution >= 4 is 12.2 Å². The summed E-state index contributed by atoms with van der Waals surface area (Å²) in [5, 5.41) is 0. The van der Waals surface area contributed by atoms with Crippen LogP contribution in [0.4, 0.5) is 0 Å². The summed E-state index contributed by atoms with van der Waals surface area (Å²) in [6, 6.07) is 11.9.